The van der Waals surface area contributed by atoms with E-state index in [4.69, 9.17) is 0 Å². The van der Waals surface area contributed by atoms with Gasteiger partial charge in [0, 0.05) is 0 Å². The zero-order valence-corrected chi connectivity index (χ0v) is 9.30. The minimum Gasteiger partial charge on any atom is -0.0955 e. The van der Waals surface area contributed by atoms with Crippen molar-refractivity contribution in [1.82, 2.24) is 0 Å². The first-order valence-electron chi connectivity index (χ1n) is 4.98. The van der Waals surface area contributed by atoms with Crippen LogP contribution in [0.5, 0.6) is 0 Å². The zero-order valence-electron chi connectivity index (χ0n) is 9.30. The smallest absolute Gasteiger partial charge is 0.00950 e. The first-order chi connectivity index (χ1) is 6.59. The number of rotatable bonds is 3. The molecule has 0 aliphatic carbocycles. The van der Waals surface area contributed by atoms with Gasteiger partial charge in [-0.05, 0) is 38.3 Å². The molecule has 0 unspecified atom stereocenters. The fraction of sp³-hybridized carbons (Fsp3) is 0.286. The van der Waals surface area contributed by atoms with Gasteiger partial charge in [0.2, 0.25) is 0 Å². The Hall–Kier alpha value is -1.30. The van der Waals surface area contributed by atoms with Crippen LogP contribution in [0.15, 0.2) is 42.5 Å². The van der Waals surface area contributed by atoms with Crippen LogP contribution in [0.25, 0.3) is 5.57 Å². The fourth-order valence-corrected chi connectivity index (χ4v) is 1.25. The summed E-state index contributed by atoms with van der Waals surface area (Å²) in [5.41, 5.74) is 5.08. The highest BCUT2D eigenvalue weighted by molar-refractivity contribution is 5.61. The Morgan fingerprint density at radius 1 is 1.14 bits per heavy atom. The Labute approximate surface area is 87.0 Å². The average Bonchev–Trinajstić information content (AvgIpc) is 2.15. The van der Waals surface area contributed by atoms with Crippen molar-refractivity contribution in [3.8, 4) is 0 Å². The van der Waals surface area contributed by atoms with Crippen molar-refractivity contribution in [2.24, 2.45) is 0 Å². The third-order valence-electron chi connectivity index (χ3n) is 2.19. The van der Waals surface area contributed by atoms with Crippen LogP contribution in [0.1, 0.15) is 31.9 Å². The van der Waals surface area contributed by atoms with Crippen LogP contribution in [-0.2, 0) is 6.42 Å². The fourth-order valence-electron chi connectivity index (χ4n) is 1.25. The molecule has 74 valence electrons. The van der Waals surface area contributed by atoms with Crippen LogP contribution >= 0.6 is 0 Å². The van der Waals surface area contributed by atoms with E-state index < -0.39 is 0 Å². The van der Waals surface area contributed by atoms with E-state index in [0.29, 0.717) is 0 Å². The van der Waals surface area contributed by atoms with Crippen LogP contribution in [0.4, 0.5) is 0 Å². The molecule has 0 nitrogen and oxygen atoms in total. The summed E-state index contributed by atoms with van der Waals surface area (Å²) in [6, 6.07) is 8.61. The molecule has 0 aromatic heterocycles. The second kappa shape index (κ2) is 4.80. The summed E-state index contributed by atoms with van der Waals surface area (Å²) in [6.45, 7) is 10.2. The zero-order chi connectivity index (χ0) is 10.6. The summed E-state index contributed by atoms with van der Waals surface area (Å²) in [5.74, 6) is 0. The molecule has 14 heavy (non-hydrogen) atoms. The number of allylic oxidation sites excluding steroid dienone is 3. The normalized spacial score (nSPS) is 9.64. The van der Waals surface area contributed by atoms with Gasteiger partial charge in [-0.3, -0.25) is 0 Å². The minimum atomic E-state index is 1.03. The van der Waals surface area contributed by atoms with Crippen molar-refractivity contribution < 1.29 is 0 Å². The van der Waals surface area contributed by atoms with E-state index in [0.717, 1.165) is 12.0 Å². The molecule has 0 bridgehead atoms. The van der Waals surface area contributed by atoms with Crippen molar-refractivity contribution in [2.45, 2.75) is 27.2 Å². The highest BCUT2D eigenvalue weighted by Gasteiger charge is 1.93. The van der Waals surface area contributed by atoms with Crippen molar-refractivity contribution in [3.63, 3.8) is 0 Å². The lowest BCUT2D eigenvalue weighted by Crippen LogP contribution is -1.83. The molecule has 0 saturated heterocycles. The van der Waals surface area contributed by atoms with Gasteiger partial charge in [0.1, 0.15) is 0 Å². The van der Waals surface area contributed by atoms with Crippen LogP contribution in [0, 0.1) is 0 Å². The molecule has 1 rings (SSSR count). The average molecular weight is 186 g/mol. The maximum atomic E-state index is 3.92. The van der Waals surface area contributed by atoms with E-state index in [9.17, 15) is 0 Å². The summed E-state index contributed by atoms with van der Waals surface area (Å²) in [6.07, 6.45) is 3.27. The monoisotopic (exact) mass is 186 g/mol. The van der Waals surface area contributed by atoms with Crippen molar-refractivity contribution in [2.75, 3.05) is 0 Å². The van der Waals surface area contributed by atoms with Gasteiger partial charge in [0.15, 0.2) is 0 Å². The van der Waals surface area contributed by atoms with Crippen LogP contribution < -0.4 is 0 Å². The lowest BCUT2D eigenvalue weighted by molar-refractivity contribution is 1.21. The lowest BCUT2D eigenvalue weighted by atomic mass is 10.0. The van der Waals surface area contributed by atoms with E-state index in [2.05, 4.69) is 50.8 Å². The van der Waals surface area contributed by atoms with Gasteiger partial charge in [-0.2, -0.15) is 0 Å². The summed E-state index contributed by atoms with van der Waals surface area (Å²) in [4.78, 5) is 0. The number of hydrogen-bond donors (Lipinski definition) is 0. The summed E-state index contributed by atoms with van der Waals surface area (Å²) in [7, 11) is 0. The molecule has 0 atom stereocenters. The molecule has 0 radical (unpaired) electrons. The van der Waals surface area contributed by atoms with Gasteiger partial charge < -0.3 is 0 Å². The predicted octanol–water partition coefficient (Wildman–Crippen LogP) is 4.23. The van der Waals surface area contributed by atoms with E-state index >= 15 is 0 Å². The van der Waals surface area contributed by atoms with Crippen LogP contribution in [0.3, 0.4) is 0 Å². The largest absolute Gasteiger partial charge is 0.0955 e. The standard InChI is InChI=1S/C14H18/c1-11(2)5-6-13-7-9-14(10-8-13)12(3)4/h5,7-10H,3,6H2,1-2,4H3. The summed E-state index contributed by atoms with van der Waals surface area (Å²) in [5, 5.41) is 0. The molecule has 0 aliphatic rings. The maximum absolute atomic E-state index is 3.92. The molecule has 0 N–H and O–H groups in total. The van der Waals surface area contributed by atoms with E-state index in [-0.39, 0.29) is 0 Å². The third-order valence-corrected chi connectivity index (χ3v) is 2.19. The Bertz CT molecular complexity index is 335. The number of hydrogen-bond acceptors (Lipinski definition) is 0. The molecular formula is C14H18. The second-order valence-electron chi connectivity index (χ2n) is 3.96. The summed E-state index contributed by atoms with van der Waals surface area (Å²) >= 11 is 0. The van der Waals surface area contributed by atoms with E-state index in [1.165, 1.54) is 16.7 Å². The molecule has 0 heterocycles. The van der Waals surface area contributed by atoms with Gasteiger partial charge in [0.05, 0.1) is 0 Å². The van der Waals surface area contributed by atoms with Gasteiger partial charge in [-0.25, -0.2) is 0 Å². The first-order valence-corrected chi connectivity index (χ1v) is 4.98. The second-order valence-corrected chi connectivity index (χ2v) is 3.96. The van der Waals surface area contributed by atoms with Crippen molar-refractivity contribution in [1.29, 1.82) is 0 Å². The Morgan fingerprint density at radius 2 is 1.71 bits per heavy atom. The highest BCUT2D eigenvalue weighted by atomic mass is 14.0. The molecule has 0 aliphatic heterocycles. The molecule has 0 amide bonds. The quantitative estimate of drug-likeness (QED) is 0.620. The molecule has 0 saturated carbocycles. The van der Waals surface area contributed by atoms with Gasteiger partial charge in [-0.15, -0.1) is 0 Å². The Balaban J connectivity index is 2.74. The summed E-state index contributed by atoms with van der Waals surface area (Å²) < 4.78 is 0. The van der Waals surface area contributed by atoms with Crippen molar-refractivity contribution >= 4 is 5.57 Å². The molecule has 1 aromatic rings. The minimum absolute atomic E-state index is 1.03. The van der Waals surface area contributed by atoms with Gasteiger partial charge >= 0.3 is 0 Å². The Kier molecular flexibility index (Phi) is 3.70. The topological polar surface area (TPSA) is 0 Å². The van der Waals surface area contributed by atoms with E-state index in [1.807, 2.05) is 6.92 Å². The predicted molar refractivity (Wildman–Crippen MR) is 64.3 cm³/mol. The first kappa shape index (κ1) is 10.8. The van der Waals surface area contributed by atoms with E-state index in [1.54, 1.807) is 0 Å². The molecule has 0 fully saturated rings. The SMILES string of the molecule is C=C(C)c1ccc(CC=C(C)C)cc1. The highest BCUT2D eigenvalue weighted by Crippen LogP contribution is 2.13. The molecule has 1 aromatic carbocycles. The van der Waals surface area contributed by atoms with Crippen molar-refractivity contribution in [3.05, 3.63) is 53.6 Å². The third kappa shape index (κ3) is 3.21. The molecule has 0 heteroatoms. The molecule has 0 spiro atoms. The van der Waals surface area contributed by atoms with Crippen LogP contribution in [-0.4, -0.2) is 0 Å². The lowest BCUT2D eigenvalue weighted by Gasteiger charge is -2.01. The Morgan fingerprint density at radius 3 is 2.14 bits per heavy atom. The molecular weight excluding hydrogens is 168 g/mol. The maximum Gasteiger partial charge on any atom is -0.00950 e. The number of benzene rings is 1. The van der Waals surface area contributed by atoms with Crippen LogP contribution in [0.2, 0.25) is 0 Å². The van der Waals surface area contributed by atoms with Gasteiger partial charge in [-0.1, -0.05) is 48.1 Å². The van der Waals surface area contributed by atoms with Gasteiger partial charge in [0.25, 0.3) is 0 Å².